The van der Waals surface area contributed by atoms with Gasteiger partial charge < -0.3 is 10.0 Å². The van der Waals surface area contributed by atoms with Crippen molar-refractivity contribution in [2.24, 2.45) is 5.92 Å². The molecule has 126 valence electrons. The number of rotatable bonds is 5. The number of hydrogen-bond acceptors (Lipinski definition) is 3. The molecule has 1 N–H and O–H groups in total. The van der Waals surface area contributed by atoms with Gasteiger partial charge in [-0.1, -0.05) is 6.42 Å². The average molecular weight is 324 g/mol. The van der Waals surface area contributed by atoms with Gasteiger partial charge in [0.2, 0.25) is 0 Å². The van der Waals surface area contributed by atoms with Gasteiger partial charge in [-0.05, 0) is 30.9 Å². The number of β-amino-alcohol motifs (C(OH)–C–C–N with tert-alkyl or cyclic N) is 1. The Morgan fingerprint density at radius 1 is 1.39 bits per heavy atom. The van der Waals surface area contributed by atoms with Crippen molar-refractivity contribution in [3.05, 3.63) is 35.4 Å². The van der Waals surface area contributed by atoms with Crippen LogP contribution in [0.3, 0.4) is 0 Å². The second-order valence-electron chi connectivity index (χ2n) is 6.67. The fourth-order valence-electron chi connectivity index (χ4n) is 3.37. The molecule has 1 aromatic carbocycles. The van der Waals surface area contributed by atoms with E-state index in [1.165, 1.54) is 6.07 Å². The Labute approximate surface area is 134 Å². The molecule has 3 rings (SSSR count). The molecule has 1 saturated heterocycles. The fraction of sp³-hybridized carbons (Fsp3) is 0.588. The lowest BCUT2D eigenvalue weighted by molar-refractivity contribution is -0.0224. The standard InChI is InChI=1S/C17H22F2N2O2/c1-20(17(23)14-6-5-12(18)7-15(14)19)16(11-3-2-4-11)10-21-8-13(22)9-21/h5-7,11,13,16,22H,2-4,8-10H2,1H3/t16-/m1/s1. The van der Waals surface area contributed by atoms with Crippen LogP contribution >= 0.6 is 0 Å². The summed E-state index contributed by atoms with van der Waals surface area (Å²) in [5, 5.41) is 9.42. The third-order valence-corrected chi connectivity index (χ3v) is 5.06. The molecular weight excluding hydrogens is 302 g/mol. The number of hydrogen-bond donors (Lipinski definition) is 1. The van der Waals surface area contributed by atoms with Gasteiger partial charge in [-0.25, -0.2) is 8.78 Å². The molecule has 4 nitrogen and oxygen atoms in total. The van der Waals surface area contributed by atoms with Crippen LogP contribution in [0.1, 0.15) is 29.6 Å². The summed E-state index contributed by atoms with van der Waals surface area (Å²) in [6, 6.07) is 3.04. The summed E-state index contributed by atoms with van der Waals surface area (Å²) in [5.74, 6) is -1.52. The molecule has 2 fully saturated rings. The quantitative estimate of drug-likeness (QED) is 0.899. The third-order valence-electron chi connectivity index (χ3n) is 5.06. The predicted molar refractivity (Wildman–Crippen MR) is 82.0 cm³/mol. The number of amides is 1. The van der Waals surface area contributed by atoms with Crippen LogP contribution in [0.4, 0.5) is 8.78 Å². The first kappa shape index (κ1) is 16.3. The Morgan fingerprint density at radius 3 is 2.61 bits per heavy atom. The first-order chi connectivity index (χ1) is 11.0. The number of carbonyl (C=O) groups is 1. The fourth-order valence-corrected chi connectivity index (χ4v) is 3.37. The lowest BCUT2D eigenvalue weighted by atomic mass is 9.78. The maximum Gasteiger partial charge on any atom is 0.256 e. The van der Waals surface area contributed by atoms with Gasteiger partial charge in [-0.15, -0.1) is 0 Å². The van der Waals surface area contributed by atoms with Gasteiger partial charge >= 0.3 is 0 Å². The van der Waals surface area contributed by atoms with Gasteiger partial charge in [0, 0.05) is 38.8 Å². The third kappa shape index (κ3) is 3.38. The molecule has 0 bridgehead atoms. The van der Waals surface area contributed by atoms with E-state index in [1.807, 2.05) is 0 Å². The van der Waals surface area contributed by atoms with E-state index in [-0.39, 0.29) is 17.7 Å². The Bertz CT molecular complexity index is 586. The van der Waals surface area contributed by atoms with Gasteiger partial charge in [0.1, 0.15) is 11.6 Å². The van der Waals surface area contributed by atoms with Crippen molar-refractivity contribution < 1.29 is 18.7 Å². The predicted octanol–water partition coefficient (Wildman–Crippen LogP) is 1.88. The average Bonchev–Trinajstić information content (AvgIpc) is 2.41. The summed E-state index contributed by atoms with van der Waals surface area (Å²) in [6.45, 7) is 1.93. The molecule has 1 heterocycles. The summed E-state index contributed by atoms with van der Waals surface area (Å²) in [7, 11) is 1.68. The van der Waals surface area contributed by atoms with E-state index in [0.29, 0.717) is 25.6 Å². The van der Waals surface area contributed by atoms with Crippen molar-refractivity contribution in [2.75, 3.05) is 26.7 Å². The van der Waals surface area contributed by atoms with Crippen LogP contribution in [0.2, 0.25) is 0 Å². The SMILES string of the molecule is CN(C(=O)c1ccc(F)cc1F)[C@H](CN1CC(O)C1)C1CCC1. The topological polar surface area (TPSA) is 43.8 Å². The van der Waals surface area contributed by atoms with Crippen LogP contribution in [0.5, 0.6) is 0 Å². The second-order valence-corrected chi connectivity index (χ2v) is 6.67. The van der Waals surface area contributed by atoms with E-state index in [2.05, 4.69) is 4.90 Å². The molecule has 6 heteroatoms. The Hall–Kier alpha value is -1.53. The van der Waals surface area contributed by atoms with Crippen LogP contribution in [-0.2, 0) is 0 Å². The summed E-state index contributed by atoms with van der Waals surface area (Å²) >= 11 is 0. The zero-order chi connectivity index (χ0) is 16.6. The molecule has 0 spiro atoms. The van der Waals surface area contributed by atoms with Crippen LogP contribution in [0.25, 0.3) is 0 Å². The zero-order valence-electron chi connectivity index (χ0n) is 13.2. The van der Waals surface area contributed by atoms with Crippen molar-refractivity contribution >= 4 is 5.91 Å². The monoisotopic (exact) mass is 324 g/mol. The minimum atomic E-state index is -0.825. The van der Waals surface area contributed by atoms with Crippen LogP contribution in [0.15, 0.2) is 18.2 Å². The number of likely N-dealkylation sites (N-methyl/N-ethyl adjacent to an activating group) is 1. The number of aliphatic hydroxyl groups excluding tert-OH is 1. The lowest BCUT2D eigenvalue weighted by Crippen LogP contribution is -2.58. The highest BCUT2D eigenvalue weighted by atomic mass is 19.1. The van der Waals surface area contributed by atoms with Crippen LogP contribution in [-0.4, -0.2) is 59.6 Å². The van der Waals surface area contributed by atoms with E-state index in [1.54, 1.807) is 11.9 Å². The second kappa shape index (κ2) is 6.53. The Kier molecular flexibility index (Phi) is 4.64. The highest BCUT2D eigenvalue weighted by molar-refractivity contribution is 5.94. The molecule has 1 aromatic rings. The van der Waals surface area contributed by atoms with Crippen molar-refractivity contribution in [3.63, 3.8) is 0 Å². The molecule has 1 aliphatic heterocycles. The maximum atomic E-state index is 13.9. The zero-order valence-corrected chi connectivity index (χ0v) is 13.2. The Morgan fingerprint density at radius 2 is 2.09 bits per heavy atom. The van der Waals surface area contributed by atoms with E-state index >= 15 is 0 Å². The van der Waals surface area contributed by atoms with E-state index in [0.717, 1.165) is 31.4 Å². The number of likely N-dealkylation sites (tertiary alicyclic amines) is 1. The van der Waals surface area contributed by atoms with Gasteiger partial charge in [0.25, 0.3) is 5.91 Å². The lowest BCUT2D eigenvalue weighted by Gasteiger charge is -2.45. The highest BCUT2D eigenvalue weighted by Crippen LogP contribution is 2.33. The van der Waals surface area contributed by atoms with Crippen molar-refractivity contribution in [3.8, 4) is 0 Å². The number of carbonyl (C=O) groups excluding carboxylic acids is 1. The van der Waals surface area contributed by atoms with Crippen molar-refractivity contribution in [2.45, 2.75) is 31.4 Å². The number of aliphatic hydroxyl groups is 1. The van der Waals surface area contributed by atoms with E-state index in [9.17, 15) is 18.7 Å². The summed E-state index contributed by atoms with van der Waals surface area (Å²) < 4.78 is 26.9. The minimum Gasteiger partial charge on any atom is -0.390 e. The van der Waals surface area contributed by atoms with Crippen LogP contribution in [0, 0.1) is 17.6 Å². The maximum absolute atomic E-state index is 13.9. The van der Waals surface area contributed by atoms with Gasteiger partial charge in [-0.3, -0.25) is 9.69 Å². The molecule has 1 saturated carbocycles. The van der Waals surface area contributed by atoms with Gasteiger partial charge in [0.15, 0.2) is 0 Å². The molecule has 0 unspecified atom stereocenters. The van der Waals surface area contributed by atoms with Crippen molar-refractivity contribution in [1.29, 1.82) is 0 Å². The largest absolute Gasteiger partial charge is 0.390 e. The summed E-state index contributed by atoms with van der Waals surface area (Å²) in [6.07, 6.45) is 2.99. The molecule has 2 aliphatic rings. The molecule has 0 radical (unpaired) electrons. The normalized spacial score (nSPS) is 20.7. The van der Waals surface area contributed by atoms with Crippen molar-refractivity contribution in [1.82, 2.24) is 9.80 Å². The molecule has 1 atom stereocenters. The molecule has 0 aromatic heterocycles. The molecule has 1 amide bonds. The van der Waals surface area contributed by atoms with Gasteiger partial charge in [0.05, 0.1) is 11.7 Å². The Balaban J connectivity index is 1.73. The van der Waals surface area contributed by atoms with Crippen LogP contribution < -0.4 is 0 Å². The summed E-state index contributed by atoms with van der Waals surface area (Å²) in [5.41, 5.74) is -0.0955. The van der Waals surface area contributed by atoms with Gasteiger partial charge in [-0.2, -0.15) is 0 Å². The van der Waals surface area contributed by atoms with E-state index < -0.39 is 17.5 Å². The highest BCUT2D eigenvalue weighted by Gasteiger charge is 2.37. The molecule has 23 heavy (non-hydrogen) atoms. The smallest absolute Gasteiger partial charge is 0.256 e. The number of nitrogens with zero attached hydrogens (tertiary/aromatic N) is 2. The summed E-state index contributed by atoms with van der Waals surface area (Å²) in [4.78, 5) is 16.3. The first-order valence-corrected chi connectivity index (χ1v) is 8.08. The minimum absolute atomic E-state index is 0.00629. The molecule has 1 aliphatic carbocycles. The molecular formula is C17H22F2N2O2. The number of halogens is 2. The number of benzene rings is 1. The van der Waals surface area contributed by atoms with E-state index in [4.69, 9.17) is 0 Å². The first-order valence-electron chi connectivity index (χ1n) is 8.08.